The van der Waals surface area contributed by atoms with Crippen molar-refractivity contribution in [1.29, 1.82) is 5.26 Å². The Morgan fingerprint density at radius 3 is 2.93 bits per heavy atom. The molecule has 2 heterocycles. The van der Waals surface area contributed by atoms with E-state index >= 15 is 0 Å². The second-order valence-corrected chi connectivity index (χ2v) is 6.70. The number of hydrogen-bond donors (Lipinski definition) is 0. The van der Waals surface area contributed by atoms with Gasteiger partial charge in [0.2, 0.25) is 0 Å². The maximum absolute atomic E-state index is 9.05. The topological polar surface area (TPSA) is 33.0 Å². The van der Waals surface area contributed by atoms with E-state index in [4.69, 9.17) is 10.00 Å². The fraction of sp³-hybridized carbons (Fsp3) is 0.500. The molecule has 0 saturated carbocycles. The number of nitrogens with zero attached hydrogens (tertiary/aromatic N) is 1. The molecule has 0 radical (unpaired) electrons. The quantitative estimate of drug-likeness (QED) is 0.757. The molecular formula is C10H9Br2NOS. The van der Waals surface area contributed by atoms with Gasteiger partial charge in [-0.3, -0.25) is 0 Å². The summed E-state index contributed by atoms with van der Waals surface area (Å²) in [7, 11) is 0. The molecule has 1 aromatic heterocycles. The Balaban J connectivity index is 2.25. The normalized spacial score (nSPS) is 26.2. The lowest BCUT2D eigenvalue weighted by atomic mass is 9.95. The molecule has 1 aliphatic heterocycles. The van der Waals surface area contributed by atoms with Crippen LogP contribution in [0.15, 0.2) is 14.3 Å². The molecule has 2 nitrogen and oxygen atoms in total. The summed E-state index contributed by atoms with van der Waals surface area (Å²) >= 11 is 8.54. The molecule has 1 aromatic rings. The van der Waals surface area contributed by atoms with Crippen molar-refractivity contribution < 1.29 is 4.74 Å². The number of thiophene rings is 1. The lowest BCUT2D eigenvalue weighted by Gasteiger charge is -2.26. The molecule has 0 aliphatic carbocycles. The van der Waals surface area contributed by atoms with Crippen LogP contribution in [0.4, 0.5) is 0 Å². The molecule has 1 saturated heterocycles. The van der Waals surface area contributed by atoms with Gasteiger partial charge in [0.25, 0.3) is 0 Å². The number of hydrogen-bond acceptors (Lipinski definition) is 3. The van der Waals surface area contributed by atoms with Crippen molar-refractivity contribution in [3.63, 3.8) is 0 Å². The molecule has 1 fully saturated rings. The molecule has 15 heavy (non-hydrogen) atoms. The van der Waals surface area contributed by atoms with E-state index in [9.17, 15) is 0 Å². The standard InChI is InChI=1S/C10H9Br2NOS/c11-7-4-8(15-10(7)12)9-6(5-13)2-1-3-14-9/h4,6,9H,1-3H2. The van der Waals surface area contributed by atoms with E-state index in [1.54, 1.807) is 11.3 Å². The highest BCUT2D eigenvalue weighted by Gasteiger charge is 2.29. The number of rotatable bonds is 1. The Kier molecular flexibility index (Phi) is 3.83. The van der Waals surface area contributed by atoms with E-state index in [1.165, 1.54) is 0 Å². The van der Waals surface area contributed by atoms with Crippen LogP contribution in [0.2, 0.25) is 0 Å². The minimum absolute atomic E-state index is 0.00352. The van der Waals surface area contributed by atoms with Crippen molar-refractivity contribution in [2.75, 3.05) is 6.61 Å². The van der Waals surface area contributed by atoms with Gasteiger partial charge in [-0.05, 0) is 50.8 Å². The van der Waals surface area contributed by atoms with Crippen LogP contribution in [0.25, 0.3) is 0 Å². The van der Waals surface area contributed by atoms with Crippen molar-refractivity contribution in [2.24, 2.45) is 5.92 Å². The third-order valence-corrected chi connectivity index (χ3v) is 5.75. The van der Waals surface area contributed by atoms with E-state index < -0.39 is 0 Å². The average Bonchev–Trinajstić information content (AvgIpc) is 2.59. The molecule has 0 aromatic carbocycles. The molecule has 5 heteroatoms. The lowest BCUT2D eigenvalue weighted by Crippen LogP contribution is -2.20. The first-order chi connectivity index (χ1) is 7.22. The van der Waals surface area contributed by atoms with Crippen LogP contribution in [0.3, 0.4) is 0 Å². The second-order valence-electron chi connectivity index (χ2n) is 3.44. The highest BCUT2D eigenvalue weighted by Crippen LogP contribution is 2.41. The molecule has 0 spiro atoms. The first-order valence-electron chi connectivity index (χ1n) is 4.68. The van der Waals surface area contributed by atoms with Gasteiger partial charge < -0.3 is 4.74 Å². The van der Waals surface area contributed by atoms with Crippen molar-refractivity contribution in [1.82, 2.24) is 0 Å². The predicted molar refractivity (Wildman–Crippen MR) is 66.7 cm³/mol. The maximum Gasteiger partial charge on any atom is 0.107 e. The average molecular weight is 351 g/mol. The Bertz CT molecular complexity index is 379. The number of ether oxygens (including phenoxy) is 1. The molecule has 0 amide bonds. The third kappa shape index (κ3) is 2.44. The first-order valence-corrected chi connectivity index (χ1v) is 7.08. The highest BCUT2D eigenvalue weighted by molar-refractivity contribution is 9.13. The van der Waals surface area contributed by atoms with Gasteiger partial charge in [0, 0.05) is 16.0 Å². The minimum Gasteiger partial charge on any atom is -0.371 e. The zero-order valence-corrected chi connectivity index (χ0v) is 11.9. The van der Waals surface area contributed by atoms with Gasteiger partial charge in [0.1, 0.15) is 6.10 Å². The molecule has 1 aliphatic rings. The van der Waals surface area contributed by atoms with Crippen LogP contribution in [-0.2, 0) is 4.74 Å². The van der Waals surface area contributed by atoms with Gasteiger partial charge in [0.15, 0.2) is 0 Å². The van der Waals surface area contributed by atoms with Crippen LogP contribution in [-0.4, -0.2) is 6.61 Å². The summed E-state index contributed by atoms with van der Waals surface area (Å²) in [5, 5.41) is 9.05. The summed E-state index contributed by atoms with van der Waals surface area (Å²) < 4.78 is 7.78. The lowest BCUT2D eigenvalue weighted by molar-refractivity contribution is -0.00793. The molecule has 2 rings (SSSR count). The predicted octanol–water partition coefficient (Wildman–Crippen LogP) is 4.26. The Hall–Kier alpha value is 0.110. The van der Waals surface area contributed by atoms with Crippen LogP contribution < -0.4 is 0 Å². The molecule has 80 valence electrons. The molecular weight excluding hydrogens is 342 g/mol. The zero-order valence-electron chi connectivity index (χ0n) is 7.87. The number of halogens is 2. The largest absolute Gasteiger partial charge is 0.371 e. The van der Waals surface area contributed by atoms with E-state index in [-0.39, 0.29) is 12.0 Å². The van der Waals surface area contributed by atoms with E-state index in [0.717, 1.165) is 32.6 Å². The van der Waals surface area contributed by atoms with Gasteiger partial charge in [-0.15, -0.1) is 11.3 Å². The smallest absolute Gasteiger partial charge is 0.107 e. The highest BCUT2D eigenvalue weighted by atomic mass is 79.9. The molecule has 2 unspecified atom stereocenters. The molecule has 2 atom stereocenters. The zero-order chi connectivity index (χ0) is 10.8. The summed E-state index contributed by atoms with van der Waals surface area (Å²) in [6, 6.07) is 4.37. The van der Waals surface area contributed by atoms with Crippen LogP contribution in [0, 0.1) is 17.2 Å². The van der Waals surface area contributed by atoms with Crippen molar-refractivity contribution in [3.05, 3.63) is 19.2 Å². The summed E-state index contributed by atoms with van der Waals surface area (Å²) in [6.07, 6.45) is 1.88. The Morgan fingerprint density at radius 1 is 1.53 bits per heavy atom. The molecule has 0 N–H and O–H groups in total. The summed E-state index contributed by atoms with van der Waals surface area (Å²) in [4.78, 5) is 1.13. The fourth-order valence-corrected chi connectivity index (χ4v) is 3.90. The van der Waals surface area contributed by atoms with Gasteiger partial charge in [-0.2, -0.15) is 5.26 Å². The van der Waals surface area contributed by atoms with Gasteiger partial charge in [-0.1, -0.05) is 0 Å². The van der Waals surface area contributed by atoms with E-state index in [2.05, 4.69) is 37.9 Å². The minimum atomic E-state index is -0.0450. The van der Waals surface area contributed by atoms with Gasteiger partial charge >= 0.3 is 0 Å². The summed E-state index contributed by atoms with van der Waals surface area (Å²) in [5.74, 6) is -0.00352. The van der Waals surface area contributed by atoms with Crippen molar-refractivity contribution in [3.8, 4) is 6.07 Å². The molecule has 0 bridgehead atoms. The second kappa shape index (κ2) is 4.96. The third-order valence-electron chi connectivity index (χ3n) is 2.43. The van der Waals surface area contributed by atoms with Crippen LogP contribution in [0.5, 0.6) is 0 Å². The van der Waals surface area contributed by atoms with E-state index in [0.29, 0.717) is 0 Å². The monoisotopic (exact) mass is 349 g/mol. The van der Waals surface area contributed by atoms with Gasteiger partial charge in [-0.25, -0.2) is 0 Å². The Labute approximate surface area is 109 Å². The van der Waals surface area contributed by atoms with Crippen LogP contribution in [0.1, 0.15) is 23.8 Å². The van der Waals surface area contributed by atoms with Crippen molar-refractivity contribution in [2.45, 2.75) is 18.9 Å². The summed E-state index contributed by atoms with van der Waals surface area (Å²) in [5.41, 5.74) is 0. The first kappa shape index (κ1) is 11.6. The van der Waals surface area contributed by atoms with Crippen LogP contribution >= 0.6 is 43.2 Å². The SMILES string of the molecule is N#CC1CCCOC1c1cc(Br)c(Br)s1. The van der Waals surface area contributed by atoms with Gasteiger partial charge in [0.05, 0.1) is 15.8 Å². The fourth-order valence-electron chi connectivity index (χ4n) is 1.70. The summed E-state index contributed by atoms with van der Waals surface area (Å²) in [6.45, 7) is 0.760. The van der Waals surface area contributed by atoms with E-state index in [1.807, 2.05) is 6.07 Å². The maximum atomic E-state index is 9.05. The Morgan fingerprint density at radius 2 is 2.33 bits per heavy atom. The van der Waals surface area contributed by atoms with Crippen molar-refractivity contribution >= 4 is 43.2 Å². The number of nitriles is 1.